The maximum Gasteiger partial charge on any atom is 0.305 e. The molecule has 0 rings (SSSR count). The van der Waals surface area contributed by atoms with Gasteiger partial charge in [0.15, 0.2) is 0 Å². The molecule has 0 bridgehead atoms. The van der Waals surface area contributed by atoms with E-state index in [1.165, 1.54) is 38.5 Å². The van der Waals surface area contributed by atoms with E-state index >= 15 is 0 Å². The van der Waals surface area contributed by atoms with Gasteiger partial charge in [0.05, 0.1) is 6.61 Å². The maximum absolute atomic E-state index is 11.5. The molecule has 0 saturated heterocycles. The van der Waals surface area contributed by atoms with Crippen molar-refractivity contribution in [1.82, 2.24) is 0 Å². The maximum atomic E-state index is 11.5. The van der Waals surface area contributed by atoms with Crippen molar-refractivity contribution in [2.75, 3.05) is 11.9 Å². The standard InChI is InChI=1S/C17H31BrO2/c1-2-3-4-5-6-10-13-16-20-17(19)14-11-8-7-9-12-15-18/h6,10H,2-5,7-9,11-16H2,1H3/b10-6-. The summed E-state index contributed by atoms with van der Waals surface area (Å²) >= 11 is 3.42. The smallest absolute Gasteiger partial charge is 0.305 e. The lowest BCUT2D eigenvalue weighted by Crippen LogP contribution is -2.04. The zero-order valence-corrected chi connectivity index (χ0v) is 14.6. The second-order valence-corrected chi connectivity index (χ2v) is 5.98. The molecule has 0 aliphatic heterocycles. The van der Waals surface area contributed by atoms with Gasteiger partial charge in [-0.05, 0) is 32.1 Å². The van der Waals surface area contributed by atoms with Crippen molar-refractivity contribution in [2.24, 2.45) is 0 Å². The van der Waals surface area contributed by atoms with Crippen molar-refractivity contribution in [3.63, 3.8) is 0 Å². The molecule has 0 aromatic rings. The highest BCUT2D eigenvalue weighted by atomic mass is 79.9. The first kappa shape index (κ1) is 19.7. The number of carbonyl (C=O) groups is 1. The van der Waals surface area contributed by atoms with Crippen LogP contribution in [-0.4, -0.2) is 17.9 Å². The van der Waals surface area contributed by atoms with E-state index in [4.69, 9.17) is 4.74 Å². The minimum atomic E-state index is -0.0372. The molecule has 20 heavy (non-hydrogen) atoms. The van der Waals surface area contributed by atoms with Crippen LogP contribution in [-0.2, 0) is 9.53 Å². The molecule has 0 atom stereocenters. The van der Waals surface area contributed by atoms with E-state index in [1.54, 1.807) is 0 Å². The number of hydrogen-bond donors (Lipinski definition) is 0. The summed E-state index contributed by atoms with van der Waals surface area (Å²) in [5.74, 6) is -0.0372. The molecule has 0 aromatic heterocycles. The topological polar surface area (TPSA) is 26.3 Å². The highest BCUT2D eigenvalue weighted by Crippen LogP contribution is 2.07. The molecule has 0 amide bonds. The molecule has 3 heteroatoms. The summed E-state index contributed by atoms with van der Waals surface area (Å²) in [5, 5.41) is 1.08. The molecule has 0 saturated carbocycles. The van der Waals surface area contributed by atoms with E-state index in [0.29, 0.717) is 13.0 Å². The summed E-state index contributed by atoms with van der Waals surface area (Å²) in [5.41, 5.74) is 0. The Bertz CT molecular complexity index is 239. The van der Waals surface area contributed by atoms with Gasteiger partial charge in [-0.3, -0.25) is 4.79 Å². The molecular formula is C17H31BrO2. The first-order chi connectivity index (χ1) is 9.81. The number of allylic oxidation sites excluding steroid dienone is 1. The lowest BCUT2D eigenvalue weighted by Gasteiger charge is -2.03. The van der Waals surface area contributed by atoms with E-state index in [2.05, 4.69) is 35.0 Å². The minimum Gasteiger partial charge on any atom is -0.465 e. The number of carbonyl (C=O) groups excluding carboxylic acids is 1. The van der Waals surface area contributed by atoms with Crippen LogP contribution >= 0.6 is 15.9 Å². The average Bonchev–Trinajstić information content (AvgIpc) is 2.45. The van der Waals surface area contributed by atoms with Crippen molar-refractivity contribution in [2.45, 2.75) is 77.6 Å². The van der Waals surface area contributed by atoms with Crippen molar-refractivity contribution in [3.05, 3.63) is 12.2 Å². The zero-order valence-electron chi connectivity index (χ0n) is 13.0. The normalized spacial score (nSPS) is 11.1. The molecule has 0 aromatic carbocycles. The molecule has 0 spiro atoms. The Kier molecular flexibility index (Phi) is 16.5. The van der Waals surface area contributed by atoms with Gasteiger partial charge in [-0.25, -0.2) is 0 Å². The van der Waals surface area contributed by atoms with Gasteiger partial charge >= 0.3 is 5.97 Å². The summed E-state index contributed by atoms with van der Waals surface area (Å²) in [6, 6.07) is 0. The number of alkyl halides is 1. The fourth-order valence-corrected chi connectivity index (χ4v) is 2.35. The number of ether oxygens (including phenoxy) is 1. The molecule has 0 aliphatic carbocycles. The third kappa shape index (κ3) is 15.7. The Hall–Kier alpha value is -0.310. The van der Waals surface area contributed by atoms with Crippen LogP contribution < -0.4 is 0 Å². The number of rotatable bonds is 14. The van der Waals surface area contributed by atoms with Gasteiger partial charge in [0.25, 0.3) is 0 Å². The quantitative estimate of drug-likeness (QED) is 0.172. The average molecular weight is 347 g/mol. The lowest BCUT2D eigenvalue weighted by atomic mass is 10.1. The van der Waals surface area contributed by atoms with Gasteiger partial charge in [-0.2, -0.15) is 0 Å². The second-order valence-electron chi connectivity index (χ2n) is 5.18. The lowest BCUT2D eigenvalue weighted by molar-refractivity contribution is -0.143. The van der Waals surface area contributed by atoms with Crippen LogP contribution in [0.5, 0.6) is 0 Å². The predicted octanol–water partition coefficient (Wildman–Crippen LogP) is 5.79. The highest BCUT2D eigenvalue weighted by molar-refractivity contribution is 9.09. The number of halogens is 1. The summed E-state index contributed by atoms with van der Waals surface area (Å²) in [4.78, 5) is 11.5. The first-order valence-corrected chi connectivity index (χ1v) is 9.30. The summed E-state index contributed by atoms with van der Waals surface area (Å²) < 4.78 is 5.20. The minimum absolute atomic E-state index is 0.0372. The van der Waals surface area contributed by atoms with Crippen LogP contribution in [0.15, 0.2) is 12.2 Å². The van der Waals surface area contributed by atoms with Crippen molar-refractivity contribution < 1.29 is 9.53 Å². The van der Waals surface area contributed by atoms with Crippen molar-refractivity contribution in [1.29, 1.82) is 0 Å². The van der Waals surface area contributed by atoms with Crippen LogP contribution in [0, 0.1) is 0 Å². The molecule has 0 heterocycles. The Morgan fingerprint density at radius 1 is 0.950 bits per heavy atom. The van der Waals surface area contributed by atoms with Gasteiger partial charge in [0.2, 0.25) is 0 Å². The second kappa shape index (κ2) is 16.7. The number of esters is 1. The Balaban J connectivity index is 3.24. The highest BCUT2D eigenvalue weighted by Gasteiger charge is 2.01. The third-order valence-corrected chi connectivity index (χ3v) is 3.76. The van der Waals surface area contributed by atoms with Crippen LogP contribution in [0.3, 0.4) is 0 Å². The number of unbranched alkanes of at least 4 members (excludes halogenated alkanes) is 7. The predicted molar refractivity (Wildman–Crippen MR) is 90.4 cm³/mol. The zero-order chi connectivity index (χ0) is 14.9. The molecular weight excluding hydrogens is 316 g/mol. The third-order valence-electron chi connectivity index (χ3n) is 3.20. The summed E-state index contributed by atoms with van der Waals surface area (Å²) in [6.07, 6.45) is 16.5. The van der Waals surface area contributed by atoms with Crippen LogP contribution in [0.2, 0.25) is 0 Å². The van der Waals surface area contributed by atoms with Crippen LogP contribution in [0.25, 0.3) is 0 Å². The summed E-state index contributed by atoms with van der Waals surface area (Å²) in [7, 11) is 0. The Labute approximate surface area is 133 Å². The van der Waals surface area contributed by atoms with Gasteiger partial charge in [0, 0.05) is 11.8 Å². The fraction of sp³-hybridized carbons (Fsp3) is 0.824. The van der Waals surface area contributed by atoms with Gasteiger partial charge in [0.1, 0.15) is 0 Å². The van der Waals surface area contributed by atoms with E-state index in [0.717, 1.165) is 31.0 Å². The SMILES string of the molecule is CCCCC/C=C\CCOC(=O)CCCCCCCBr. The largest absolute Gasteiger partial charge is 0.465 e. The molecule has 0 fully saturated rings. The molecule has 0 unspecified atom stereocenters. The van der Waals surface area contributed by atoms with Gasteiger partial charge < -0.3 is 4.74 Å². The van der Waals surface area contributed by atoms with Crippen LogP contribution in [0.1, 0.15) is 77.6 Å². The molecule has 2 nitrogen and oxygen atoms in total. The van der Waals surface area contributed by atoms with Gasteiger partial charge in [-0.15, -0.1) is 0 Å². The first-order valence-electron chi connectivity index (χ1n) is 8.17. The Morgan fingerprint density at radius 3 is 2.40 bits per heavy atom. The fourth-order valence-electron chi connectivity index (χ4n) is 1.96. The molecule has 0 radical (unpaired) electrons. The molecule has 0 aliphatic rings. The van der Waals surface area contributed by atoms with Gasteiger partial charge in [-0.1, -0.05) is 67.1 Å². The van der Waals surface area contributed by atoms with Crippen molar-refractivity contribution in [3.8, 4) is 0 Å². The molecule has 0 N–H and O–H groups in total. The van der Waals surface area contributed by atoms with Crippen molar-refractivity contribution >= 4 is 21.9 Å². The monoisotopic (exact) mass is 346 g/mol. The van der Waals surface area contributed by atoms with E-state index < -0.39 is 0 Å². The van der Waals surface area contributed by atoms with E-state index in [1.807, 2.05) is 0 Å². The van der Waals surface area contributed by atoms with E-state index in [-0.39, 0.29) is 5.97 Å². The molecule has 118 valence electrons. The summed E-state index contributed by atoms with van der Waals surface area (Å²) in [6.45, 7) is 2.75. The number of hydrogen-bond acceptors (Lipinski definition) is 2. The Morgan fingerprint density at radius 2 is 1.65 bits per heavy atom. The van der Waals surface area contributed by atoms with Crippen LogP contribution in [0.4, 0.5) is 0 Å². The van der Waals surface area contributed by atoms with E-state index in [9.17, 15) is 4.79 Å².